The van der Waals surface area contributed by atoms with Gasteiger partial charge < -0.3 is 0 Å². The summed E-state index contributed by atoms with van der Waals surface area (Å²) in [6, 6.07) is 28.1. The Kier molecular flexibility index (Phi) is 5.57. The molecule has 6 rings (SSSR count). The van der Waals surface area contributed by atoms with Gasteiger partial charge in [-0.2, -0.15) is 14.6 Å². The summed E-state index contributed by atoms with van der Waals surface area (Å²) >= 11 is 1.33. The Morgan fingerprint density at radius 3 is 2.14 bits per heavy atom. The van der Waals surface area contributed by atoms with Gasteiger partial charge in [0.2, 0.25) is 4.96 Å². The Labute approximate surface area is 218 Å². The van der Waals surface area contributed by atoms with Crippen LogP contribution in [0.15, 0.2) is 95.9 Å². The number of nitrogens with zero attached hydrogens (tertiary/aromatic N) is 5. The van der Waals surface area contributed by atoms with Crippen molar-refractivity contribution in [1.29, 1.82) is 0 Å². The standard InChI is InChI=1S/C30H25N5OS/c1-30(2,3)23-16-14-21(15-17-23)27-31-29-35(33-27)28(36)25(37-29)18-22-19-34(24-12-8-5-9-13-24)32-26(22)20-10-6-4-7-11-20/h4-19H,1-3H3. The van der Waals surface area contributed by atoms with Crippen molar-refractivity contribution in [3.05, 3.63) is 117 Å². The van der Waals surface area contributed by atoms with Crippen molar-refractivity contribution in [2.45, 2.75) is 26.2 Å². The van der Waals surface area contributed by atoms with Gasteiger partial charge in [0.1, 0.15) is 0 Å². The molecule has 0 atom stereocenters. The molecule has 0 N–H and O–H groups in total. The van der Waals surface area contributed by atoms with E-state index in [1.807, 2.05) is 89.8 Å². The average molecular weight is 504 g/mol. The summed E-state index contributed by atoms with van der Waals surface area (Å²) in [5.74, 6) is 0.553. The lowest BCUT2D eigenvalue weighted by Gasteiger charge is -2.18. The van der Waals surface area contributed by atoms with Crippen LogP contribution in [-0.4, -0.2) is 24.4 Å². The third-order valence-corrected chi connectivity index (χ3v) is 7.25. The zero-order valence-corrected chi connectivity index (χ0v) is 21.6. The van der Waals surface area contributed by atoms with Gasteiger partial charge in [0.15, 0.2) is 5.82 Å². The Morgan fingerprint density at radius 1 is 0.811 bits per heavy atom. The molecule has 0 amide bonds. The molecule has 3 aromatic carbocycles. The molecule has 182 valence electrons. The molecular weight excluding hydrogens is 478 g/mol. The second-order valence-electron chi connectivity index (χ2n) is 9.95. The van der Waals surface area contributed by atoms with E-state index < -0.39 is 0 Å². The minimum Gasteiger partial charge on any atom is -0.266 e. The van der Waals surface area contributed by atoms with Crippen molar-refractivity contribution in [2.75, 3.05) is 0 Å². The fourth-order valence-electron chi connectivity index (χ4n) is 4.24. The highest BCUT2D eigenvalue weighted by Gasteiger charge is 2.17. The number of aromatic nitrogens is 5. The van der Waals surface area contributed by atoms with Gasteiger partial charge in [-0.3, -0.25) is 4.79 Å². The van der Waals surface area contributed by atoms with Crippen LogP contribution in [0.4, 0.5) is 0 Å². The van der Waals surface area contributed by atoms with E-state index >= 15 is 0 Å². The largest absolute Gasteiger partial charge is 0.291 e. The van der Waals surface area contributed by atoms with Crippen LogP contribution in [0.1, 0.15) is 31.9 Å². The number of rotatable bonds is 4. The lowest BCUT2D eigenvalue weighted by Crippen LogP contribution is -2.23. The molecule has 0 fully saturated rings. The van der Waals surface area contributed by atoms with Gasteiger partial charge in [0.25, 0.3) is 5.56 Å². The van der Waals surface area contributed by atoms with Gasteiger partial charge in [-0.05, 0) is 29.2 Å². The van der Waals surface area contributed by atoms with E-state index in [9.17, 15) is 4.79 Å². The van der Waals surface area contributed by atoms with Gasteiger partial charge >= 0.3 is 0 Å². The van der Waals surface area contributed by atoms with Crippen molar-refractivity contribution in [1.82, 2.24) is 24.4 Å². The molecule has 0 spiro atoms. The summed E-state index contributed by atoms with van der Waals surface area (Å²) in [7, 11) is 0. The van der Waals surface area contributed by atoms with E-state index in [1.165, 1.54) is 21.4 Å². The molecule has 0 saturated carbocycles. The maximum absolute atomic E-state index is 13.3. The third kappa shape index (κ3) is 4.38. The van der Waals surface area contributed by atoms with Crippen LogP contribution < -0.4 is 10.1 Å². The van der Waals surface area contributed by atoms with Crippen LogP contribution in [0, 0.1) is 0 Å². The first-order valence-electron chi connectivity index (χ1n) is 12.1. The Balaban J connectivity index is 1.43. The van der Waals surface area contributed by atoms with Gasteiger partial charge in [0.05, 0.1) is 15.9 Å². The summed E-state index contributed by atoms with van der Waals surface area (Å²) in [6.07, 6.45) is 3.84. The van der Waals surface area contributed by atoms with Crippen molar-refractivity contribution in [3.63, 3.8) is 0 Å². The fraction of sp³-hybridized carbons (Fsp3) is 0.133. The second kappa shape index (κ2) is 8.94. The van der Waals surface area contributed by atoms with E-state index in [0.29, 0.717) is 15.3 Å². The molecule has 0 unspecified atom stereocenters. The maximum Gasteiger partial charge on any atom is 0.291 e. The summed E-state index contributed by atoms with van der Waals surface area (Å²) < 4.78 is 3.80. The summed E-state index contributed by atoms with van der Waals surface area (Å²) in [5, 5.41) is 9.38. The van der Waals surface area contributed by atoms with Crippen molar-refractivity contribution in [3.8, 4) is 28.3 Å². The number of fused-ring (bicyclic) bond motifs is 1. The molecule has 0 radical (unpaired) electrons. The fourth-order valence-corrected chi connectivity index (χ4v) is 5.14. The van der Waals surface area contributed by atoms with Crippen molar-refractivity contribution < 1.29 is 0 Å². The van der Waals surface area contributed by atoms with E-state index in [1.54, 1.807) is 0 Å². The Bertz CT molecular complexity index is 1810. The van der Waals surface area contributed by atoms with E-state index in [2.05, 4.69) is 43.0 Å². The maximum atomic E-state index is 13.3. The molecular formula is C30H25N5OS. The molecule has 3 aromatic heterocycles. The summed E-state index contributed by atoms with van der Waals surface area (Å²) in [4.78, 5) is 18.5. The van der Waals surface area contributed by atoms with Crippen LogP contribution in [0.2, 0.25) is 0 Å². The topological polar surface area (TPSA) is 65.1 Å². The predicted molar refractivity (Wildman–Crippen MR) is 149 cm³/mol. The lowest BCUT2D eigenvalue weighted by atomic mass is 9.87. The molecule has 7 heteroatoms. The van der Waals surface area contributed by atoms with Gasteiger partial charge in [-0.25, -0.2) is 4.68 Å². The number of para-hydroxylation sites is 1. The normalized spacial score (nSPS) is 12.5. The molecule has 0 bridgehead atoms. The lowest BCUT2D eigenvalue weighted by molar-refractivity contribution is 0.590. The first kappa shape index (κ1) is 23.1. The SMILES string of the molecule is CC(C)(C)c1ccc(-c2nc3sc(=Cc4cn(-c5ccccc5)nc4-c4ccccc4)c(=O)n3n2)cc1. The number of hydrogen-bond donors (Lipinski definition) is 0. The molecule has 6 aromatic rings. The smallest absolute Gasteiger partial charge is 0.266 e. The van der Waals surface area contributed by atoms with Crippen LogP contribution in [0.25, 0.3) is 39.4 Å². The van der Waals surface area contributed by atoms with E-state index in [-0.39, 0.29) is 11.0 Å². The van der Waals surface area contributed by atoms with Crippen LogP contribution >= 0.6 is 11.3 Å². The zero-order valence-electron chi connectivity index (χ0n) is 20.8. The molecule has 37 heavy (non-hydrogen) atoms. The molecule has 0 saturated heterocycles. The highest BCUT2D eigenvalue weighted by molar-refractivity contribution is 7.15. The van der Waals surface area contributed by atoms with Gasteiger partial charge in [0, 0.05) is 22.9 Å². The minimum atomic E-state index is -0.184. The zero-order chi connectivity index (χ0) is 25.6. The number of thiazole rings is 1. The molecule has 0 aliphatic rings. The Hall–Kier alpha value is -4.36. The third-order valence-electron chi connectivity index (χ3n) is 6.29. The van der Waals surface area contributed by atoms with E-state index in [0.717, 1.165) is 28.1 Å². The average Bonchev–Trinajstić information content (AvgIpc) is 3.60. The second-order valence-corrected chi connectivity index (χ2v) is 11.0. The number of benzene rings is 3. The first-order chi connectivity index (χ1) is 17.9. The van der Waals surface area contributed by atoms with Gasteiger partial charge in [-0.15, -0.1) is 5.10 Å². The molecule has 3 heterocycles. The summed E-state index contributed by atoms with van der Waals surface area (Å²) in [6.45, 7) is 6.55. The number of hydrogen-bond acceptors (Lipinski definition) is 5. The quantitative estimate of drug-likeness (QED) is 0.318. The van der Waals surface area contributed by atoms with Gasteiger partial charge in [-0.1, -0.05) is 105 Å². The molecule has 6 nitrogen and oxygen atoms in total. The summed E-state index contributed by atoms with van der Waals surface area (Å²) in [5.41, 5.74) is 5.62. The van der Waals surface area contributed by atoms with Crippen LogP contribution in [0.5, 0.6) is 0 Å². The minimum absolute atomic E-state index is 0.0698. The predicted octanol–water partition coefficient (Wildman–Crippen LogP) is 5.52. The Morgan fingerprint density at radius 2 is 1.49 bits per heavy atom. The highest BCUT2D eigenvalue weighted by atomic mass is 32.1. The van der Waals surface area contributed by atoms with E-state index in [4.69, 9.17) is 5.10 Å². The monoisotopic (exact) mass is 503 g/mol. The van der Waals surface area contributed by atoms with Crippen molar-refractivity contribution >= 4 is 22.4 Å². The molecule has 0 aliphatic heterocycles. The highest BCUT2D eigenvalue weighted by Crippen LogP contribution is 2.26. The van der Waals surface area contributed by atoms with Crippen LogP contribution in [0.3, 0.4) is 0 Å². The molecule has 0 aliphatic carbocycles. The van der Waals surface area contributed by atoms with Crippen molar-refractivity contribution in [2.24, 2.45) is 0 Å². The van der Waals surface area contributed by atoms with Crippen LogP contribution in [-0.2, 0) is 5.41 Å². The first-order valence-corrected chi connectivity index (χ1v) is 12.9.